The lowest BCUT2D eigenvalue weighted by Gasteiger charge is -2.13. The molecule has 0 aromatic carbocycles. The zero-order valence-corrected chi connectivity index (χ0v) is 10.5. The maximum Gasteiger partial charge on any atom is 0.323 e. The summed E-state index contributed by atoms with van der Waals surface area (Å²) in [6.07, 6.45) is 1.22. The highest BCUT2D eigenvalue weighted by Gasteiger charge is 2.22. The molecule has 0 aliphatic heterocycles. The minimum atomic E-state index is -0.917. The second-order valence-corrected chi connectivity index (χ2v) is 3.75. The fourth-order valence-corrected chi connectivity index (χ4v) is 1.25. The molecular formula is C12H21NO4. The number of carbonyl (C=O) groups is 1. The van der Waals surface area contributed by atoms with Crippen LogP contribution in [0.1, 0.15) is 33.1 Å². The normalized spacial score (nSPS) is 13.8. The van der Waals surface area contributed by atoms with E-state index in [9.17, 15) is 9.90 Å². The Labute approximate surface area is 102 Å². The van der Waals surface area contributed by atoms with Gasteiger partial charge in [0.2, 0.25) is 0 Å². The number of hydrogen-bond acceptors (Lipinski definition) is 5. The van der Waals surface area contributed by atoms with Gasteiger partial charge in [-0.15, -0.1) is 0 Å². The van der Waals surface area contributed by atoms with Crippen LogP contribution in [0, 0.1) is 17.2 Å². The first kappa shape index (κ1) is 15.9. The summed E-state index contributed by atoms with van der Waals surface area (Å²) in [5, 5.41) is 18.4. The van der Waals surface area contributed by atoms with Gasteiger partial charge in [-0.3, -0.25) is 4.79 Å². The molecule has 0 rings (SSSR count). The van der Waals surface area contributed by atoms with Gasteiger partial charge in [0.05, 0.1) is 25.4 Å². The van der Waals surface area contributed by atoms with Gasteiger partial charge < -0.3 is 14.6 Å². The quantitative estimate of drug-likeness (QED) is 0.487. The topological polar surface area (TPSA) is 79.5 Å². The summed E-state index contributed by atoms with van der Waals surface area (Å²) >= 11 is 0. The minimum Gasteiger partial charge on any atom is -0.465 e. The van der Waals surface area contributed by atoms with E-state index in [1.165, 1.54) is 0 Å². The molecule has 0 amide bonds. The van der Waals surface area contributed by atoms with Gasteiger partial charge in [0.15, 0.2) is 0 Å². The molecule has 0 spiro atoms. The predicted octanol–water partition coefficient (Wildman–Crippen LogP) is 1.26. The van der Waals surface area contributed by atoms with Gasteiger partial charge in [0.1, 0.15) is 5.92 Å². The number of nitriles is 1. The summed E-state index contributed by atoms with van der Waals surface area (Å²) in [7, 11) is 0. The largest absolute Gasteiger partial charge is 0.465 e. The summed E-state index contributed by atoms with van der Waals surface area (Å²) in [6, 6.07) is 1.83. The van der Waals surface area contributed by atoms with E-state index in [0.717, 1.165) is 12.8 Å². The fraction of sp³-hybridized carbons (Fsp3) is 0.833. The molecule has 0 aromatic heterocycles. The average molecular weight is 243 g/mol. The van der Waals surface area contributed by atoms with Gasteiger partial charge in [-0.2, -0.15) is 5.26 Å². The van der Waals surface area contributed by atoms with Crippen molar-refractivity contribution >= 4 is 5.97 Å². The van der Waals surface area contributed by atoms with Crippen molar-refractivity contribution in [1.29, 1.82) is 5.26 Å². The van der Waals surface area contributed by atoms with Crippen LogP contribution in [0.2, 0.25) is 0 Å². The number of hydrogen-bond donors (Lipinski definition) is 1. The number of ether oxygens (including phenoxy) is 2. The van der Waals surface area contributed by atoms with E-state index >= 15 is 0 Å². The molecule has 98 valence electrons. The molecule has 0 saturated carbocycles. The molecule has 0 bridgehead atoms. The Morgan fingerprint density at radius 3 is 2.71 bits per heavy atom. The van der Waals surface area contributed by atoms with Crippen LogP contribution in [0.15, 0.2) is 0 Å². The smallest absolute Gasteiger partial charge is 0.323 e. The van der Waals surface area contributed by atoms with E-state index in [-0.39, 0.29) is 19.6 Å². The van der Waals surface area contributed by atoms with E-state index in [0.29, 0.717) is 6.61 Å². The number of rotatable bonds is 9. The number of unbranched alkanes of at least 4 members (excludes halogenated alkanes) is 1. The molecule has 2 atom stereocenters. The van der Waals surface area contributed by atoms with Gasteiger partial charge in [-0.25, -0.2) is 0 Å². The number of aliphatic hydroxyl groups excluding tert-OH is 1. The predicted molar refractivity (Wildman–Crippen MR) is 62.1 cm³/mol. The van der Waals surface area contributed by atoms with E-state index in [4.69, 9.17) is 14.7 Å². The van der Waals surface area contributed by atoms with Crippen LogP contribution in [0.5, 0.6) is 0 Å². The summed E-state index contributed by atoms with van der Waals surface area (Å²) in [5.74, 6) is -1.50. The highest BCUT2D eigenvalue weighted by Crippen LogP contribution is 2.09. The molecule has 0 saturated heterocycles. The lowest BCUT2D eigenvalue weighted by Crippen LogP contribution is -2.25. The van der Waals surface area contributed by atoms with Crippen LogP contribution in [-0.2, 0) is 14.3 Å². The van der Waals surface area contributed by atoms with Crippen LogP contribution < -0.4 is 0 Å². The van der Waals surface area contributed by atoms with Gasteiger partial charge in [0.25, 0.3) is 0 Å². The van der Waals surface area contributed by atoms with Gasteiger partial charge in [-0.05, 0) is 13.3 Å². The zero-order chi connectivity index (χ0) is 13.1. The molecule has 0 aromatic rings. The average Bonchev–Trinajstić information content (AvgIpc) is 2.32. The highest BCUT2D eigenvalue weighted by atomic mass is 16.5. The number of carbonyl (C=O) groups excluding carboxylic acids is 1. The van der Waals surface area contributed by atoms with E-state index in [1.54, 1.807) is 6.92 Å². The Bertz CT molecular complexity index is 249. The SMILES string of the molecule is CCCCOCC(O)CC(C#N)C(=O)OCC. The second kappa shape index (κ2) is 10.1. The lowest BCUT2D eigenvalue weighted by molar-refractivity contribution is -0.147. The number of aliphatic hydroxyl groups is 1. The number of esters is 1. The third-order valence-electron chi connectivity index (χ3n) is 2.19. The summed E-state index contributed by atoms with van der Waals surface area (Å²) in [5.41, 5.74) is 0. The molecule has 2 unspecified atom stereocenters. The van der Waals surface area contributed by atoms with Gasteiger partial charge in [0, 0.05) is 13.0 Å². The first-order valence-corrected chi connectivity index (χ1v) is 5.97. The molecule has 0 aliphatic rings. The summed E-state index contributed by atoms with van der Waals surface area (Å²) < 4.78 is 9.93. The van der Waals surface area contributed by atoms with Crippen LogP contribution in [0.25, 0.3) is 0 Å². The molecule has 17 heavy (non-hydrogen) atoms. The van der Waals surface area contributed by atoms with E-state index in [2.05, 4.69) is 0 Å². The fourth-order valence-electron chi connectivity index (χ4n) is 1.25. The first-order chi connectivity index (χ1) is 8.15. The Kier molecular flexibility index (Phi) is 9.40. The lowest BCUT2D eigenvalue weighted by atomic mass is 10.0. The van der Waals surface area contributed by atoms with Crippen molar-refractivity contribution < 1.29 is 19.4 Å². The van der Waals surface area contributed by atoms with E-state index in [1.807, 2.05) is 13.0 Å². The molecule has 0 aliphatic carbocycles. The van der Waals surface area contributed by atoms with Crippen molar-refractivity contribution in [2.75, 3.05) is 19.8 Å². The molecule has 5 heteroatoms. The standard InChI is InChI=1S/C12H21NO4/c1-3-5-6-16-9-11(14)7-10(8-13)12(15)17-4-2/h10-11,14H,3-7,9H2,1-2H3. The van der Waals surface area contributed by atoms with E-state index < -0.39 is 18.0 Å². The Hall–Kier alpha value is -1.12. The van der Waals surface area contributed by atoms with Crippen LogP contribution in [-0.4, -0.2) is 37.0 Å². The molecule has 0 heterocycles. The molecule has 0 fully saturated rings. The van der Waals surface area contributed by atoms with Crippen molar-refractivity contribution in [3.8, 4) is 6.07 Å². The van der Waals surface area contributed by atoms with Crippen molar-refractivity contribution in [2.24, 2.45) is 5.92 Å². The van der Waals surface area contributed by atoms with Crippen LogP contribution in [0.3, 0.4) is 0 Å². The zero-order valence-electron chi connectivity index (χ0n) is 10.5. The number of nitrogens with zero attached hydrogens (tertiary/aromatic N) is 1. The molecule has 0 radical (unpaired) electrons. The molecular weight excluding hydrogens is 222 g/mol. The molecule has 5 nitrogen and oxygen atoms in total. The van der Waals surface area contributed by atoms with Crippen molar-refractivity contribution in [1.82, 2.24) is 0 Å². The van der Waals surface area contributed by atoms with Crippen molar-refractivity contribution in [3.05, 3.63) is 0 Å². The van der Waals surface area contributed by atoms with Crippen LogP contribution in [0.4, 0.5) is 0 Å². The highest BCUT2D eigenvalue weighted by molar-refractivity contribution is 5.75. The first-order valence-electron chi connectivity index (χ1n) is 5.97. The summed E-state index contributed by atoms with van der Waals surface area (Å²) in [4.78, 5) is 11.3. The second-order valence-electron chi connectivity index (χ2n) is 3.75. The van der Waals surface area contributed by atoms with Crippen molar-refractivity contribution in [3.63, 3.8) is 0 Å². The summed E-state index contributed by atoms with van der Waals surface area (Å²) in [6.45, 7) is 4.70. The van der Waals surface area contributed by atoms with Crippen molar-refractivity contribution in [2.45, 2.75) is 39.2 Å². The van der Waals surface area contributed by atoms with Crippen LogP contribution >= 0.6 is 0 Å². The Balaban J connectivity index is 3.86. The van der Waals surface area contributed by atoms with Gasteiger partial charge in [-0.1, -0.05) is 13.3 Å². The third kappa shape index (κ3) is 7.72. The minimum absolute atomic E-state index is 0.0570. The Morgan fingerprint density at radius 2 is 2.18 bits per heavy atom. The Morgan fingerprint density at radius 1 is 1.47 bits per heavy atom. The maximum atomic E-state index is 11.3. The van der Waals surface area contributed by atoms with Gasteiger partial charge >= 0.3 is 5.97 Å². The molecule has 1 N–H and O–H groups in total. The maximum absolute atomic E-state index is 11.3. The third-order valence-corrected chi connectivity index (χ3v) is 2.19. The monoisotopic (exact) mass is 243 g/mol.